The average molecular weight is 336 g/mol. The second kappa shape index (κ2) is 10.3. The van der Waals surface area contributed by atoms with E-state index in [0.717, 1.165) is 37.9 Å². The Hall–Kier alpha value is -1.60. The second-order valence-corrected chi connectivity index (χ2v) is 6.30. The zero-order valence-corrected chi connectivity index (χ0v) is 15.3. The first kappa shape index (κ1) is 18.7. The zero-order chi connectivity index (χ0) is 17.2. The fourth-order valence-corrected chi connectivity index (χ4v) is 2.93. The van der Waals surface area contributed by atoms with Crippen LogP contribution >= 0.6 is 0 Å². The van der Waals surface area contributed by atoms with Gasteiger partial charge >= 0.3 is 0 Å². The van der Waals surface area contributed by atoms with Gasteiger partial charge in [0.1, 0.15) is 0 Å². The summed E-state index contributed by atoms with van der Waals surface area (Å²) in [5, 5.41) is 11.0. The van der Waals surface area contributed by atoms with E-state index in [0.29, 0.717) is 12.5 Å². The Morgan fingerprint density at radius 1 is 1.38 bits per heavy atom. The standard InChI is InChI=1S/C17H32N6O/c1-4-18-17(20-14-16-5-8-21-22(16)2)19-13-15-6-9-23(10-7-15)11-12-24-3/h5,8,15H,4,6-7,9-14H2,1-3H3,(H2,18,19,20). The molecule has 2 rings (SSSR count). The fraction of sp³-hybridized carbons (Fsp3) is 0.765. The molecular formula is C17H32N6O. The molecule has 0 aromatic carbocycles. The van der Waals surface area contributed by atoms with Crippen LogP contribution in [0.4, 0.5) is 0 Å². The van der Waals surface area contributed by atoms with Crippen molar-refractivity contribution in [3.05, 3.63) is 18.0 Å². The van der Waals surface area contributed by atoms with Crippen LogP contribution in [0.15, 0.2) is 17.3 Å². The Kier molecular flexibility index (Phi) is 8.04. The number of likely N-dealkylation sites (tertiary alicyclic amines) is 1. The van der Waals surface area contributed by atoms with Crippen molar-refractivity contribution in [2.45, 2.75) is 26.3 Å². The maximum atomic E-state index is 5.16. The molecule has 0 radical (unpaired) electrons. The van der Waals surface area contributed by atoms with Gasteiger partial charge in [-0.25, -0.2) is 4.99 Å². The largest absolute Gasteiger partial charge is 0.383 e. The van der Waals surface area contributed by atoms with E-state index in [1.807, 2.05) is 24.0 Å². The number of piperidine rings is 1. The lowest BCUT2D eigenvalue weighted by Gasteiger charge is -2.32. The van der Waals surface area contributed by atoms with Crippen LogP contribution in [0.25, 0.3) is 0 Å². The minimum absolute atomic E-state index is 0.640. The maximum absolute atomic E-state index is 5.16. The van der Waals surface area contributed by atoms with E-state index in [1.54, 1.807) is 7.11 Å². The van der Waals surface area contributed by atoms with Crippen LogP contribution < -0.4 is 10.6 Å². The lowest BCUT2D eigenvalue weighted by atomic mass is 9.97. The quantitative estimate of drug-likeness (QED) is 0.544. The van der Waals surface area contributed by atoms with E-state index >= 15 is 0 Å². The van der Waals surface area contributed by atoms with Crippen LogP contribution in [0.1, 0.15) is 25.5 Å². The number of guanidine groups is 1. The van der Waals surface area contributed by atoms with Crippen molar-refractivity contribution in [2.75, 3.05) is 46.4 Å². The Labute approximate surface area is 145 Å². The molecule has 2 N–H and O–H groups in total. The molecule has 1 aliphatic rings. The molecule has 1 saturated heterocycles. The predicted molar refractivity (Wildman–Crippen MR) is 97.1 cm³/mol. The zero-order valence-electron chi connectivity index (χ0n) is 15.3. The minimum Gasteiger partial charge on any atom is -0.383 e. The van der Waals surface area contributed by atoms with Gasteiger partial charge < -0.3 is 20.3 Å². The van der Waals surface area contributed by atoms with Gasteiger partial charge in [0.25, 0.3) is 0 Å². The Morgan fingerprint density at radius 3 is 2.79 bits per heavy atom. The summed E-state index contributed by atoms with van der Waals surface area (Å²) in [6.07, 6.45) is 4.28. The highest BCUT2D eigenvalue weighted by molar-refractivity contribution is 5.79. The highest BCUT2D eigenvalue weighted by Crippen LogP contribution is 2.15. The van der Waals surface area contributed by atoms with Crippen LogP contribution in [-0.4, -0.2) is 67.1 Å². The molecule has 0 atom stereocenters. The summed E-state index contributed by atoms with van der Waals surface area (Å²) in [5.41, 5.74) is 1.11. The van der Waals surface area contributed by atoms with E-state index in [1.165, 1.54) is 25.9 Å². The molecule has 1 aromatic heterocycles. The number of rotatable bonds is 8. The van der Waals surface area contributed by atoms with Crippen LogP contribution in [0, 0.1) is 5.92 Å². The smallest absolute Gasteiger partial charge is 0.191 e. The summed E-state index contributed by atoms with van der Waals surface area (Å²) in [4.78, 5) is 7.15. The number of hydrogen-bond donors (Lipinski definition) is 2. The van der Waals surface area contributed by atoms with E-state index in [-0.39, 0.29) is 0 Å². The molecule has 1 fully saturated rings. The summed E-state index contributed by atoms with van der Waals surface area (Å²) >= 11 is 0. The SMILES string of the molecule is CCNC(=NCc1ccnn1C)NCC1CCN(CCOC)CC1. The molecule has 0 saturated carbocycles. The summed E-state index contributed by atoms with van der Waals surface area (Å²) in [6, 6.07) is 2.00. The van der Waals surface area contributed by atoms with Gasteiger partial charge in [0, 0.05) is 40.0 Å². The first-order chi connectivity index (χ1) is 11.7. The number of methoxy groups -OCH3 is 1. The van der Waals surface area contributed by atoms with Gasteiger partial charge in [-0.2, -0.15) is 5.10 Å². The van der Waals surface area contributed by atoms with Crippen molar-refractivity contribution in [1.29, 1.82) is 0 Å². The molecule has 1 aromatic rings. The molecule has 0 aliphatic carbocycles. The first-order valence-corrected chi connectivity index (χ1v) is 8.93. The minimum atomic E-state index is 0.640. The number of hydrogen-bond acceptors (Lipinski definition) is 4. The third-order valence-electron chi connectivity index (χ3n) is 4.54. The molecule has 0 unspecified atom stereocenters. The van der Waals surface area contributed by atoms with Gasteiger partial charge in [0.05, 0.1) is 18.8 Å². The molecule has 0 spiro atoms. The van der Waals surface area contributed by atoms with Crippen LogP contribution in [-0.2, 0) is 18.3 Å². The van der Waals surface area contributed by atoms with Crippen LogP contribution in [0.3, 0.4) is 0 Å². The van der Waals surface area contributed by atoms with Gasteiger partial charge in [0.15, 0.2) is 5.96 Å². The average Bonchev–Trinajstić information content (AvgIpc) is 3.01. The highest BCUT2D eigenvalue weighted by Gasteiger charge is 2.18. The monoisotopic (exact) mass is 336 g/mol. The number of ether oxygens (including phenoxy) is 1. The van der Waals surface area contributed by atoms with E-state index in [2.05, 4.69) is 32.5 Å². The molecule has 24 heavy (non-hydrogen) atoms. The molecule has 2 heterocycles. The number of nitrogens with one attached hydrogen (secondary N) is 2. The van der Waals surface area contributed by atoms with Gasteiger partial charge in [-0.05, 0) is 44.8 Å². The van der Waals surface area contributed by atoms with Gasteiger partial charge in [-0.1, -0.05) is 0 Å². The molecular weight excluding hydrogens is 304 g/mol. The van der Waals surface area contributed by atoms with Gasteiger partial charge in [-0.15, -0.1) is 0 Å². The van der Waals surface area contributed by atoms with Crippen LogP contribution in [0.5, 0.6) is 0 Å². The van der Waals surface area contributed by atoms with Crippen LogP contribution in [0.2, 0.25) is 0 Å². The molecule has 1 aliphatic heterocycles. The lowest BCUT2D eigenvalue weighted by molar-refractivity contribution is 0.121. The molecule has 0 bridgehead atoms. The summed E-state index contributed by atoms with van der Waals surface area (Å²) < 4.78 is 7.02. The number of aryl methyl sites for hydroxylation is 1. The van der Waals surface area contributed by atoms with Crippen molar-refractivity contribution >= 4 is 5.96 Å². The van der Waals surface area contributed by atoms with Crippen molar-refractivity contribution in [1.82, 2.24) is 25.3 Å². The third-order valence-corrected chi connectivity index (χ3v) is 4.54. The number of nitrogens with zero attached hydrogens (tertiary/aromatic N) is 4. The Bertz CT molecular complexity index is 493. The summed E-state index contributed by atoms with van der Waals surface area (Å²) in [5.74, 6) is 1.60. The van der Waals surface area contributed by atoms with Crippen molar-refractivity contribution < 1.29 is 4.74 Å². The first-order valence-electron chi connectivity index (χ1n) is 8.93. The van der Waals surface area contributed by atoms with Crippen molar-refractivity contribution in [2.24, 2.45) is 18.0 Å². The molecule has 136 valence electrons. The topological polar surface area (TPSA) is 66.7 Å². The van der Waals surface area contributed by atoms with Gasteiger partial charge in [0.2, 0.25) is 0 Å². The molecule has 0 amide bonds. The molecule has 7 heteroatoms. The third kappa shape index (κ3) is 6.13. The normalized spacial score (nSPS) is 17.2. The Morgan fingerprint density at radius 2 is 2.17 bits per heavy atom. The highest BCUT2D eigenvalue weighted by atomic mass is 16.5. The summed E-state index contributed by atoms with van der Waals surface area (Å²) in [7, 11) is 3.71. The number of aromatic nitrogens is 2. The second-order valence-electron chi connectivity index (χ2n) is 6.30. The van der Waals surface area contributed by atoms with E-state index in [4.69, 9.17) is 4.74 Å². The Balaban J connectivity index is 1.74. The predicted octanol–water partition coefficient (Wildman–Crippen LogP) is 0.834. The van der Waals surface area contributed by atoms with Gasteiger partial charge in [-0.3, -0.25) is 4.68 Å². The van der Waals surface area contributed by atoms with Crippen molar-refractivity contribution in [3.8, 4) is 0 Å². The maximum Gasteiger partial charge on any atom is 0.191 e. The summed E-state index contributed by atoms with van der Waals surface area (Å²) in [6.45, 7) is 8.79. The van der Waals surface area contributed by atoms with Crippen molar-refractivity contribution in [3.63, 3.8) is 0 Å². The van der Waals surface area contributed by atoms with E-state index in [9.17, 15) is 0 Å². The van der Waals surface area contributed by atoms with E-state index < -0.39 is 0 Å². The fourth-order valence-electron chi connectivity index (χ4n) is 2.93. The molecule has 7 nitrogen and oxygen atoms in total. The number of aliphatic imine (C=N–C) groups is 1. The lowest BCUT2D eigenvalue weighted by Crippen LogP contribution is -2.43.